The first-order valence-electron chi connectivity index (χ1n) is 7.87. The summed E-state index contributed by atoms with van der Waals surface area (Å²) in [6, 6.07) is 0. The van der Waals surface area contributed by atoms with Gasteiger partial charge in [0.2, 0.25) is 5.91 Å². The van der Waals surface area contributed by atoms with Crippen molar-refractivity contribution >= 4 is 5.91 Å². The number of likely N-dealkylation sites (tertiary alicyclic amines) is 2. The van der Waals surface area contributed by atoms with Crippen LogP contribution in [0.2, 0.25) is 0 Å². The first-order valence-corrected chi connectivity index (χ1v) is 7.87. The van der Waals surface area contributed by atoms with Gasteiger partial charge < -0.3 is 9.64 Å². The van der Waals surface area contributed by atoms with Crippen LogP contribution in [0.25, 0.3) is 0 Å². The van der Waals surface area contributed by atoms with Crippen molar-refractivity contribution in [3.8, 4) is 0 Å². The Morgan fingerprint density at radius 2 is 2.00 bits per heavy atom. The van der Waals surface area contributed by atoms with Gasteiger partial charge in [-0.2, -0.15) is 0 Å². The smallest absolute Gasteiger partial charge is 0.236 e. The van der Waals surface area contributed by atoms with Gasteiger partial charge >= 0.3 is 0 Å². The van der Waals surface area contributed by atoms with Crippen molar-refractivity contribution in [1.29, 1.82) is 0 Å². The SMILES string of the molecule is CCCOC[C@H]1CCN(CC(=O)N2CCCCC2)C1. The summed E-state index contributed by atoms with van der Waals surface area (Å²) in [5, 5.41) is 0. The molecule has 1 amide bonds. The predicted molar refractivity (Wildman–Crippen MR) is 76.1 cm³/mol. The fraction of sp³-hybridized carbons (Fsp3) is 0.933. The second kappa shape index (κ2) is 7.85. The minimum atomic E-state index is 0.329. The average molecular weight is 268 g/mol. The van der Waals surface area contributed by atoms with E-state index in [1.807, 2.05) is 4.90 Å². The molecule has 110 valence electrons. The van der Waals surface area contributed by atoms with Crippen LogP contribution in [0.4, 0.5) is 0 Å². The van der Waals surface area contributed by atoms with Crippen molar-refractivity contribution in [2.24, 2.45) is 5.92 Å². The molecule has 0 aromatic rings. The van der Waals surface area contributed by atoms with E-state index in [0.717, 1.165) is 45.8 Å². The monoisotopic (exact) mass is 268 g/mol. The van der Waals surface area contributed by atoms with Crippen LogP contribution in [0.1, 0.15) is 39.0 Å². The Labute approximate surface area is 117 Å². The van der Waals surface area contributed by atoms with Gasteiger partial charge in [-0.1, -0.05) is 6.92 Å². The van der Waals surface area contributed by atoms with Gasteiger partial charge in [0.05, 0.1) is 13.2 Å². The summed E-state index contributed by atoms with van der Waals surface area (Å²) in [5.74, 6) is 0.954. The Hall–Kier alpha value is -0.610. The van der Waals surface area contributed by atoms with Gasteiger partial charge in [0.25, 0.3) is 0 Å². The summed E-state index contributed by atoms with van der Waals surface area (Å²) in [6.45, 7) is 8.50. The van der Waals surface area contributed by atoms with Crippen LogP contribution in [-0.4, -0.2) is 61.6 Å². The number of rotatable bonds is 6. The van der Waals surface area contributed by atoms with Crippen LogP contribution in [-0.2, 0) is 9.53 Å². The minimum absolute atomic E-state index is 0.329. The summed E-state index contributed by atoms with van der Waals surface area (Å²) < 4.78 is 5.61. The third-order valence-corrected chi connectivity index (χ3v) is 4.14. The van der Waals surface area contributed by atoms with E-state index in [1.165, 1.54) is 25.7 Å². The average Bonchev–Trinajstić information content (AvgIpc) is 2.88. The molecule has 2 aliphatic rings. The molecule has 1 atom stereocenters. The fourth-order valence-electron chi connectivity index (χ4n) is 3.02. The molecular formula is C15H28N2O2. The molecule has 2 heterocycles. The van der Waals surface area contributed by atoms with Crippen LogP contribution >= 0.6 is 0 Å². The number of carbonyl (C=O) groups excluding carboxylic acids is 1. The van der Waals surface area contributed by atoms with Crippen LogP contribution in [0.15, 0.2) is 0 Å². The highest BCUT2D eigenvalue weighted by Gasteiger charge is 2.26. The first kappa shape index (κ1) is 14.8. The van der Waals surface area contributed by atoms with E-state index in [0.29, 0.717) is 18.4 Å². The Bertz CT molecular complexity index is 277. The van der Waals surface area contributed by atoms with Crippen LogP contribution in [0, 0.1) is 5.92 Å². The molecule has 0 bridgehead atoms. The molecule has 2 rings (SSSR count). The number of nitrogens with zero attached hydrogens (tertiary/aromatic N) is 2. The molecule has 0 saturated carbocycles. The quantitative estimate of drug-likeness (QED) is 0.688. The van der Waals surface area contributed by atoms with Crippen molar-refractivity contribution in [1.82, 2.24) is 9.80 Å². The second-order valence-electron chi connectivity index (χ2n) is 5.91. The third-order valence-electron chi connectivity index (χ3n) is 4.14. The van der Waals surface area contributed by atoms with Crippen LogP contribution in [0.5, 0.6) is 0 Å². The number of piperidine rings is 1. The standard InChI is InChI=1S/C15H28N2O2/c1-2-10-19-13-14-6-9-16(11-14)12-15(18)17-7-4-3-5-8-17/h14H,2-13H2,1H3/t14-/m0/s1. The first-order chi connectivity index (χ1) is 9.29. The fourth-order valence-corrected chi connectivity index (χ4v) is 3.02. The zero-order chi connectivity index (χ0) is 13.5. The zero-order valence-electron chi connectivity index (χ0n) is 12.3. The van der Waals surface area contributed by atoms with E-state index in [9.17, 15) is 4.79 Å². The van der Waals surface area contributed by atoms with Gasteiger partial charge in [-0.25, -0.2) is 0 Å². The molecular weight excluding hydrogens is 240 g/mol. The Balaban J connectivity index is 1.65. The summed E-state index contributed by atoms with van der Waals surface area (Å²) in [4.78, 5) is 16.5. The van der Waals surface area contributed by atoms with Crippen molar-refractivity contribution in [2.45, 2.75) is 39.0 Å². The van der Waals surface area contributed by atoms with E-state index in [1.54, 1.807) is 0 Å². The Morgan fingerprint density at radius 3 is 2.74 bits per heavy atom. The summed E-state index contributed by atoms with van der Waals surface area (Å²) in [5.41, 5.74) is 0. The van der Waals surface area contributed by atoms with Crippen molar-refractivity contribution in [3.05, 3.63) is 0 Å². The highest BCUT2D eigenvalue weighted by molar-refractivity contribution is 5.78. The molecule has 2 saturated heterocycles. The molecule has 0 aromatic carbocycles. The lowest BCUT2D eigenvalue weighted by Crippen LogP contribution is -2.42. The molecule has 2 aliphatic heterocycles. The zero-order valence-corrected chi connectivity index (χ0v) is 12.3. The number of carbonyl (C=O) groups is 1. The summed E-state index contributed by atoms with van der Waals surface area (Å²) in [6.07, 6.45) is 5.91. The Kier molecular flexibility index (Phi) is 6.11. The Morgan fingerprint density at radius 1 is 1.21 bits per heavy atom. The molecule has 19 heavy (non-hydrogen) atoms. The maximum Gasteiger partial charge on any atom is 0.236 e. The van der Waals surface area contributed by atoms with E-state index >= 15 is 0 Å². The number of hydrogen-bond acceptors (Lipinski definition) is 3. The number of amides is 1. The van der Waals surface area contributed by atoms with Gasteiger partial charge in [-0.3, -0.25) is 9.69 Å². The summed E-state index contributed by atoms with van der Waals surface area (Å²) in [7, 11) is 0. The molecule has 0 N–H and O–H groups in total. The molecule has 4 nitrogen and oxygen atoms in total. The predicted octanol–water partition coefficient (Wildman–Crippen LogP) is 1.75. The molecule has 2 fully saturated rings. The van der Waals surface area contributed by atoms with Crippen molar-refractivity contribution < 1.29 is 9.53 Å². The van der Waals surface area contributed by atoms with Crippen molar-refractivity contribution in [2.75, 3.05) is 45.9 Å². The molecule has 4 heteroatoms. The lowest BCUT2D eigenvalue weighted by molar-refractivity contribution is -0.133. The third kappa shape index (κ3) is 4.77. The number of ether oxygens (including phenoxy) is 1. The lowest BCUT2D eigenvalue weighted by Gasteiger charge is -2.28. The van der Waals surface area contributed by atoms with Gasteiger partial charge in [-0.05, 0) is 44.6 Å². The van der Waals surface area contributed by atoms with Gasteiger partial charge in [-0.15, -0.1) is 0 Å². The van der Waals surface area contributed by atoms with E-state index in [2.05, 4.69) is 11.8 Å². The van der Waals surface area contributed by atoms with E-state index in [4.69, 9.17) is 4.74 Å². The molecule has 0 unspecified atom stereocenters. The highest BCUT2D eigenvalue weighted by atomic mass is 16.5. The molecule has 0 aliphatic carbocycles. The van der Waals surface area contributed by atoms with Gasteiger partial charge in [0.15, 0.2) is 0 Å². The van der Waals surface area contributed by atoms with Crippen LogP contribution in [0.3, 0.4) is 0 Å². The maximum absolute atomic E-state index is 12.2. The van der Waals surface area contributed by atoms with Crippen LogP contribution < -0.4 is 0 Å². The van der Waals surface area contributed by atoms with E-state index < -0.39 is 0 Å². The van der Waals surface area contributed by atoms with E-state index in [-0.39, 0.29) is 0 Å². The topological polar surface area (TPSA) is 32.8 Å². The van der Waals surface area contributed by atoms with Gasteiger partial charge in [0, 0.05) is 26.2 Å². The largest absolute Gasteiger partial charge is 0.381 e. The second-order valence-corrected chi connectivity index (χ2v) is 5.91. The lowest BCUT2D eigenvalue weighted by atomic mass is 10.1. The van der Waals surface area contributed by atoms with Crippen molar-refractivity contribution in [3.63, 3.8) is 0 Å². The maximum atomic E-state index is 12.2. The summed E-state index contributed by atoms with van der Waals surface area (Å²) >= 11 is 0. The number of hydrogen-bond donors (Lipinski definition) is 0. The normalized spacial score (nSPS) is 24.9. The highest BCUT2D eigenvalue weighted by Crippen LogP contribution is 2.17. The molecule has 0 aromatic heterocycles. The molecule has 0 spiro atoms. The minimum Gasteiger partial charge on any atom is -0.381 e. The molecule has 0 radical (unpaired) electrons. The van der Waals surface area contributed by atoms with Gasteiger partial charge in [0.1, 0.15) is 0 Å².